The normalized spacial score (nSPS) is 15.7. The first-order valence-electron chi connectivity index (χ1n) is 29.5. The molecule has 6 aromatic rings. The molecule has 490 valence electrons. The highest BCUT2D eigenvalue weighted by Gasteiger charge is 2.44. The molecular formula is C64H80Cl2N16O10. The number of anilines is 6. The molecular weight excluding hydrogens is 1220 g/mol. The minimum absolute atomic E-state index is 0. The van der Waals surface area contributed by atoms with Crippen molar-refractivity contribution in [1.82, 2.24) is 61.0 Å². The Morgan fingerprint density at radius 3 is 1.30 bits per heavy atom. The van der Waals surface area contributed by atoms with Gasteiger partial charge < -0.3 is 71.3 Å². The summed E-state index contributed by atoms with van der Waals surface area (Å²) >= 11 is 0. The van der Waals surface area contributed by atoms with Crippen molar-refractivity contribution < 1.29 is 47.7 Å². The molecule has 0 aliphatic carbocycles. The van der Waals surface area contributed by atoms with Gasteiger partial charge in [-0.05, 0) is 112 Å². The van der Waals surface area contributed by atoms with E-state index in [1.54, 1.807) is 98.7 Å². The lowest BCUT2D eigenvalue weighted by Crippen LogP contribution is -2.59. The molecule has 92 heavy (non-hydrogen) atoms. The number of methoxy groups -OCH3 is 2. The van der Waals surface area contributed by atoms with E-state index >= 15 is 0 Å². The first-order valence-corrected chi connectivity index (χ1v) is 29.5. The van der Waals surface area contributed by atoms with Gasteiger partial charge in [0.2, 0.25) is 47.2 Å². The first kappa shape index (κ1) is 71.7. The Bertz CT molecular complexity index is 3510. The third-order valence-corrected chi connectivity index (χ3v) is 15.4. The quantitative estimate of drug-likeness (QED) is 0.0345. The number of hydrogen-bond acceptors (Lipinski definition) is 20. The first-order chi connectivity index (χ1) is 43.0. The van der Waals surface area contributed by atoms with Gasteiger partial charge in [-0.3, -0.25) is 28.8 Å². The largest absolute Gasteiger partial charge is 0.494 e. The highest BCUT2D eigenvalue weighted by molar-refractivity contribution is 6.05. The molecule has 28 heteroatoms. The number of ether oxygens (including phenoxy) is 4. The predicted octanol–water partition coefficient (Wildman–Crippen LogP) is 6.31. The van der Waals surface area contributed by atoms with Gasteiger partial charge in [-0.1, -0.05) is 41.5 Å². The van der Waals surface area contributed by atoms with Crippen molar-refractivity contribution in [3.63, 3.8) is 0 Å². The topological polar surface area (TPSA) is 319 Å². The van der Waals surface area contributed by atoms with Crippen LogP contribution in [0.15, 0.2) is 73.6 Å². The minimum Gasteiger partial charge on any atom is -0.494 e. The number of nitrogens with zero attached hydrogens (tertiary/aromatic N) is 8. The number of amides is 6. The fourth-order valence-electron chi connectivity index (χ4n) is 10.1. The fourth-order valence-corrected chi connectivity index (χ4v) is 10.1. The SMILES string of the molecule is CN[C@@H](C)C(=O)N[C@H](C(=O)N1CCC[C@H]1C(=O)Nc1cc2c(Nc3ccc(OCC#CC#CCOc4ccc(Nc5ncnc6cc(OC)c(NC(=O)[C@@H]7CCCN7C(=O)[C@@H](NC(=O)[C@H](C)NC)C(C)(C)C)cc56)cn4)nc3)ncnc2cc1OC)C(C)(C)C.Cl.Cl. The Morgan fingerprint density at radius 2 is 0.967 bits per heavy atom. The smallest absolute Gasteiger partial charge is 0.247 e. The van der Waals surface area contributed by atoms with Crippen molar-refractivity contribution >= 4 is 116 Å². The molecule has 8 N–H and O–H groups in total. The molecule has 0 bridgehead atoms. The molecule has 2 aromatic carbocycles. The number of rotatable bonds is 22. The molecule has 4 aromatic heterocycles. The molecule has 6 heterocycles. The van der Waals surface area contributed by atoms with Crippen molar-refractivity contribution in [3.8, 4) is 46.9 Å². The Hall–Kier alpha value is -9.34. The van der Waals surface area contributed by atoms with Crippen LogP contribution in [0.5, 0.6) is 23.3 Å². The number of carbonyl (C=O) groups is 6. The van der Waals surface area contributed by atoms with Gasteiger partial charge in [-0.2, -0.15) is 0 Å². The Labute approximate surface area is 547 Å². The van der Waals surface area contributed by atoms with Crippen molar-refractivity contribution in [1.29, 1.82) is 0 Å². The summed E-state index contributed by atoms with van der Waals surface area (Å²) in [5, 5.41) is 25.2. The highest BCUT2D eigenvalue weighted by Crippen LogP contribution is 2.37. The summed E-state index contributed by atoms with van der Waals surface area (Å²) in [7, 11) is 6.32. The summed E-state index contributed by atoms with van der Waals surface area (Å²) in [5.41, 5.74) is 1.72. The van der Waals surface area contributed by atoms with Crippen LogP contribution in [0.4, 0.5) is 34.4 Å². The van der Waals surface area contributed by atoms with Crippen LogP contribution in [0.2, 0.25) is 0 Å². The van der Waals surface area contributed by atoms with Gasteiger partial charge in [0.05, 0.1) is 72.5 Å². The van der Waals surface area contributed by atoms with Gasteiger partial charge >= 0.3 is 0 Å². The monoisotopic (exact) mass is 1300 g/mol. The molecule has 26 nitrogen and oxygen atoms in total. The zero-order chi connectivity index (χ0) is 64.9. The van der Waals surface area contributed by atoms with Crippen LogP contribution in [0.3, 0.4) is 0 Å². The number of aromatic nitrogens is 6. The fraction of sp³-hybridized carbons (Fsp3) is 0.438. The van der Waals surface area contributed by atoms with Crippen molar-refractivity contribution in [2.75, 3.05) is 75.9 Å². The van der Waals surface area contributed by atoms with E-state index in [0.29, 0.717) is 118 Å². The van der Waals surface area contributed by atoms with Gasteiger partial charge in [0.1, 0.15) is 60.0 Å². The molecule has 2 fully saturated rings. The third-order valence-electron chi connectivity index (χ3n) is 15.4. The number of carbonyl (C=O) groups excluding carboxylic acids is 6. The molecule has 2 aliphatic rings. The maximum atomic E-state index is 14.1. The molecule has 8 rings (SSSR count). The van der Waals surface area contributed by atoms with Crippen molar-refractivity contribution in [2.45, 2.75) is 117 Å². The third kappa shape index (κ3) is 17.8. The summed E-state index contributed by atoms with van der Waals surface area (Å²) in [5.74, 6) is 11.3. The van der Waals surface area contributed by atoms with Crippen LogP contribution in [-0.4, -0.2) is 166 Å². The number of fused-ring (bicyclic) bond motifs is 2. The van der Waals surface area contributed by atoms with Crippen LogP contribution in [-0.2, 0) is 28.8 Å². The van der Waals surface area contributed by atoms with E-state index in [4.69, 9.17) is 18.9 Å². The Balaban J connectivity index is 0.00000672. The van der Waals surface area contributed by atoms with E-state index in [2.05, 4.69) is 96.1 Å². The van der Waals surface area contributed by atoms with E-state index in [1.807, 2.05) is 41.5 Å². The van der Waals surface area contributed by atoms with Gasteiger partial charge in [-0.25, -0.2) is 29.9 Å². The van der Waals surface area contributed by atoms with Gasteiger partial charge in [-0.15, -0.1) is 24.8 Å². The van der Waals surface area contributed by atoms with E-state index < -0.39 is 58.9 Å². The Morgan fingerprint density at radius 1 is 0.576 bits per heavy atom. The maximum Gasteiger partial charge on any atom is 0.247 e. The van der Waals surface area contributed by atoms with Gasteiger partial charge in [0, 0.05) is 48.1 Å². The molecule has 6 atom stereocenters. The minimum atomic E-state index is -0.859. The van der Waals surface area contributed by atoms with E-state index in [9.17, 15) is 28.8 Å². The zero-order valence-electron chi connectivity index (χ0n) is 53.5. The zero-order valence-corrected chi connectivity index (χ0v) is 55.2. The number of halogens is 2. The average Bonchev–Trinajstić information content (AvgIpc) is 1.18. The lowest BCUT2D eigenvalue weighted by Gasteiger charge is -2.36. The second kappa shape index (κ2) is 32.1. The number of hydrogen-bond donors (Lipinski definition) is 8. The van der Waals surface area contributed by atoms with Crippen LogP contribution in [0, 0.1) is 34.5 Å². The highest BCUT2D eigenvalue weighted by atomic mass is 35.5. The van der Waals surface area contributed by atoms with E-state index in [0.717, 1.165) is 0 Å². The Kier molecular flexibility index (Phi) is 25.0. The van der Waals surface area contributed by atoms with E-state index in [1.165, 1.54) is 26.9 Å². The summed E-state index contributed by atoms with van der Waals surface area (Å²) in [4.78, 5) is 112. The summed E-state index contributed by atoms with van der Waals surface area (Å²) in [6.45, 7) is 15.4. The van der Waals surface area contributed by atoms with Crippen molar-refractivity contribution in [3.05, 3.63) is 73.6 Å². The van der Waals surface area contributed by atoms with Crippen LogP contribution in [0.1, 0.15) is 81.1 Å². The standard InChI is InChI=1S/C64H78N16O10.2ClH/c1-37(65-9)57(81)77-53(63(3,4)5)61(85)79-25-17-19-47(79)59(83)75-45-29-41-43(31-49(45)87-11)69-35-71-55(41)73-39-21-23-51(67-33-39)89-27-15-13-14-16-28-90-52-24-22-40(34-68-52)74-56-42-30-46(50(88-12)32-44(42)70-36-72-56)76-60(84)48-20-18-26-80(48)62(86)54(64(6,7)8)78-58(82)38(2)66-10;;/h21-24,29-38,47-48,53-54,65-66H,17-20,25-28H2,1-12H3,(H,75,83)(H,76,84)(H,77,81)(H,78,82)(H,69,71,73)(H,70,72,74);2*1H/t37-,38-,47-,48-,53+,54+;;/m0../s1. The maximum absolute atomic E-state index is 14.1. The molecule has 0 saturated carbocycles. The number of nitrogens with one attached hydrogen (secondary N) is 8. The number of likely N-dealkylation sites (tertiary alicyclic amines) is 2. The lowest BCUT2D eigenvalue weighted by atomic mass is 9.85. The van der Waals surface area contributed by atoms with Crippen LogP contribution < -0.4 is 61.5 Å². The van der Waals surface area contributed by atoms with Crippen LogP contribution in [0.25, 0.3) is 21.8 Å². The molecule has 6 amide bonds. The summed E-state index contributed by atoms with van der Waals surface area (Å²) in [6.07, 6.45) is 8.07. The molecule has 0 unspecified atom stereocenters. The lowest BCUT2D eigenvalue weighted by molar-refractivity contribution is -0.143. The summed E-state index contributed by atoms with van der Waals surface area (Å²) in [6, 6.07) is 9.36. The van der Waals surface area contributed by atoms with Crippen molar-refractivity contribution in [2.24, 2.45) is 10.8 Å². The van der Waals surface area contributed by atoms with Gasteiger partial charge in [0.15, 0.2) is 13.2 Å². The van der Waals surface area contributed by atoms with Crippen LogP contribution >= 0.6 is 24.8 Å². The van der Waals surface area contributed by atoms with E-state index in [-0.39, 0.29) is 61.7 Å². The second-order valence-corrected chi connectivity index (χ2v) is 23.8. The van der Waals surface area contributed by atoms with Gasteiger partial charge in [0.25, 0.3) is 0 Å². The second-order valence-electron chi connectivity index (χ2n) is 23.8. The summed E-state index contributed by atoms with van der Waals surface area (Å²) < 4.78 is 22.8. The molecule has 0 spiro atoms. The molecule has 2 saturated heterocycles. The molecule has 2 aliphatic heterocycles. The number of pyridine rings is 2. The average molecular weight is 1300 g/mol. The molecule has 0 radical (unpaired) electrons. The number of benzene rings is 2. The predicted molar refractivity (Wildman–Crippen MR) is 355 cm³/mol. The number of likely N-dealkylation sites (N-methyl/N-ethyl adjacent to an activating group) is 2.